The zero-order valence-corrected chi connectivity index (χ0v) is 21.8. The van der Waals surface area contributed by atoms with Crippen LogP contribution >= 0.6 is 11.8 Å². The van der Waals surface area contributed by atoms with E-state index in [2.05, 4.69) is 10.6 Å². The predicted molar refractivity (Wildman–Crippen MR) is 146 cm³/mol. The van der Waals surface area contributed by atoms with Crippen LogP contribution in [0.15, 0.2) is 71.6 Å². The van der Waals surface area contributed by atoms with E-state index in [-0.39, 0.29) is 17.4 Å². The smallest absolute Gasteiger partial charge is 0.294 e. The largest absolute Gasteiger partial charge is 0.493 e. The van der Waals surface area contributed by atoms with Crippen LogP contribution in [0.4, 0.5) is 20.6 Å². The SMILES string of the molecule is COc1cc(/C=C2/SC(=O)N(CC(=O)Nc3ccc(F)cc3)C2=O)ccc1OCC(=O)Nc1cccc(C)c1. The fourth-order valence-corrected chi connectivity index (χ4v) is 4.46. The third-order valence-electron chi connectivity index (χ3n) is 5.45. The van der Waals surface area contributed by atoms with Crippen LogP contribution in [0.3, 0.4) is 0 Å². The molecular formula is C28H24FN3O6S. The predicted octanol–water partition coefficient (Wildman–Crippen LogP) is 4.84. The van der Waals surface area contributed by atoms with Gasteiger partial charge in [-0.2, -0.15) is 0 Å². The van der Waals surface area contributed by atoms with Crippen molar-refractivity contribution in [2.45, 2.75) is 6.92 Å². The number of amides is 4. The molecule has 0 unspecified atom stereocenters. The van der Waals surface area contributed by atoms with E-state index in [9.17, 15) is 23.6 Å². The number of ether oxygens (including phenoxy) is 2. The van der Waals surface area contributed by atoms with Crippen molar-refractivity contribution in [1.82, 2.24) is 4.90 Å². The van der Waals surface area contributed by atoms with Gasteiger partial charge in [-0.15, -0.1) is 0 Å². The fourth-order valence-electron chi connectivity index (χ4n) is 3.62. The van der Waals surface area contributed by atoms with Crippen LogP contribution in [-0.4, -0.2) is 48.1 Å². The van der Waals surface area contributed by atoms with E-state index in [1.807, 2.05) is 25.1 Å². The number of aryl methyl sites for hydroxylation is 1. The first kappa shape index (κ1) is 27.4. The molecule has 1 saturated heterocycles. The van der Waals surface area contributed by atoms with Gasteiger partial charge in [0.05, 0.1) is 12.0 Å². The van der Waals surface area contributed by atoms with Gasteiger partial charge in [0.1, 0.15) is 12.4 Å². The molecule has 0 bridgehead atoms. The number of hydrogen-bond acceptors (Lipinski definition) is 7. The Balaban J connectivity index is 1.37. The van der Waals surface area contributed by atoms with Gasteiger partial charge in [0.25, 0.3) is 17.1 Å². The second-order valence-electron chi connectivity index (χ2n) is 8.44. The van der Waals surface area contributed by atoms with Crippen LogP contribution in [-0.2, 0) is 14.4 Å². The van der Waals surface area contributed by atoms with Gasteiger partial charge in [-0.25, -0.2) is 4.39 Å². The fraction of sp³-hybridized carbons (Fsp3) is 0.143. The highest BCUT2D eigenvalue weighted by molar-refractivity contribution is 8.18. The number of nitrogens with zero attached hydrogens (tertiary/aromatic N) is 1. The topological polar surface area (TPSA) is 114 Å². The molecule has 3 aromatic carbocycles. The summed E-state index contributed by atoms with van der Waals surface area (Å²) in [4.78, 5) is 50.8. The van der Waals surface area contributed by atoms with Gasteiger partial charge >= 0.3 is 0 Å². The zero-order valence-electron chi connectivity index (χ0n) is 21.0. The molecule has 1 aliphatic heterocycles. The normalized spacial score (nSPS) is 13.9. The van der Waals surface area contributed by atoms with Crippen molar-refractivity contribution in [3.8, 4) is 11.5 Å². The van der Waals surface area contributed by atoms with Crippen molar-refractivity contribution >= 4 is 52.2 Å². The lowest BCUT2D eigenvalue weighted by Crippen LogP contribution is -2.36. The van der Waals surface area contributed by atoms with E-state index in [0.29, 0.717) is 40.2 Å². The quantitative estimate of drug-likeness (QED) is 0.367. The van der Waals surface area contributed by atoms with Gasteiger partial charge < -0.3 is 20.1 Å². The van der Waals surface area contributed by atoms with E-state index in [1.54, 1.807) is 24.3 Å². The molecule has 39 heavy (non-hydrogen) atoms. The number of carbonyl (C=O) groups is 4. The molecule has 2 N–H and O–H groups in total. The molecule has 1 aliphatic rings. The minimum Gasteiger partial charge on any atom is -0.493 e. The van der Waals surface area contributed by atoms with Crippen molar-refractivity contribution < 1.29 is 33.0 Å². The number of halogens is 1. The maximum absolute atomic E-state index is 13.1. The molecule has 0 aromatic heterocycles. The van der Waals surface area contributed by atoms with Crippen molar-refractivity contribution in [3.05, 3.63) is 88.6 Å². The van der Waals surface area contributed by atoms with Crippen LogP contribution < -0.4 is 20.1 Å². The highest BCUT2D eigenvalue weighted by atomic mass is 32.2. The number of imide groups is 1. The van der Waals surface area contributed by atoms with E-state index in [0.717, 1.165) is 10.5 Å². The average Bonchev–Trinajstić information content (AvgIpc) is 3.16. The van der Waals surface area contributed by atoms with Crippen molar-refractivity contribution in [3.63, 3.8) is 0 Å². The standard InChI is InChI=1S/C28H24FN3O6S/c1-17-4-3-5-21(12-17)31-26(34)16-38-22-11-6-18(13-23(22)37-2)14-24-27(35)32(28(36)39-24)15-25(33)30-20-9-7-19(29)8-10-20/h3-14H,15-16H2,1-2H3,(H,30,33)(H,31,34)/b24-14+. The molecule has 200 valence electrons. The molecule has 0 aliphatic carbocycles. The maximum Gasteiger partial charge on any atom is 0.294 e. The summed E-state index contributed by atoms with van der Waals surface area (Å²) in [5.41, 5.74) is 2.56. The number of benzene rings is 3. The first-order valence-corrected chi connectivity index (χ1v) is 12.5. The lowest BCUT2D eigenvalue weighted by atomic mass is 10.2. The minimum absolute atomic E-state index is 0.128. The van der Waals surface area contributed by atoms with Crippen LogP contribution in [0, 0.1) is 12.7 Å². The van der Waals surface area contributed by atoms with Crippen molar-refractivity contribution in [1.29, 1.82) is 0 Å². The number of nitrogens with one attached hydrogen (secondary N) is 2. The van der Waals surface area contributed by atoms with E-state index < -0.39 is 29.4 Å². The molecule has 0 spiro atoms. The third-order valence-corrected chi connectivity index (χ3v) is 6.36. The summed E-state index contributed by atoms with van der Waals surface area (Å²) >= 11 is 0.705. The highest BCUT2D eigenvalue weighted by Crippen LogP contribution is 2.34. The maximum atomic E-state index is 13.1. The Bertz CT molecular complexity index is 1460. The Hall–Kier alpha value is -4.64. The summed E-state index contributed by atoms with van der Waals surface area (Å²) in [5.74, 6) is -1.37. The molecule has 9 nitrogen and oxygen atoms in total. The Morgan fingerprint density at radius 1 is 0.949 bits per heavy atom. The highest BCUT2D eigenvalue weighted by Gasteiger charge is 2.36. The number of carbonyl (C=O) groups excluding carboxylic acids is 4. The molecule has 4 amide bonds. The van der Waals surface area contributed by atoms with Crippen LogP contribution in [0.5, 0.6) is 11.5 Å². The van der Waals surface area contributed by atoms with E-state index >= 15 is 0 Å². The van der Waals surface area contributed by atoms with Gasteiger partial charge in [0, 0.05) is 11.4 Å². The van der Waals surface area contributed by atoms with Crippen LogP contribution in [0.25, 0.3) is 6.08 Å². The van der Waals surface area contributed by atoms with Crippen molar-refractivity contribution in [2.24, 2.45) is 0 Å². The Morgan fingerprint density at radius 2 is 1.69 bits per heavy atom. The first-order chi connectivity index (χ1) is 18.7. The molecule has 0 radical (unpaired) electrons. The Labute approximate surface area is 228 Å². The number of rotatable bonds is 9. The molecule has 11 heteroatoms. The summed E-state index contributed by atoms with van der Waals surface area (Å²) in [6, 6.07) is 17.3. The number of thioether (sulfide) groups is 1. The average molecular weight is 550 g/mol. The van der Waals surface area contributed by atoms with Gasteiger partial charge in [-0.3, -0.25) is 24.1 Å². The molecule has 1 fully saturated rings. The van der Waals surface area contributed by atoms with E-state index in [1.165, 1.54) is 37.5 Å². The molecule has 0 saturated carbocycles. The number of anilines is 2. The monoisotopic (exact) mass is 549 g/mol. The lowest BCUT2D eigenvalue weighted by Gasteiger charge is -2.13. The van der Waals surface area contributed by atoms with Crippen molar-refractivity contribution in [2.75, 3.05) is 30.9 Å². The number of hydrogen-bond donors (Lipinski definition) is 2. The summed E-state index contributed by atoms with van der Waals surface area (Å²) in [6.45, 7) is 1.19. The lowest BCUT2D eigenvalue weighted by molar-refractivity contribution is -0.127. The van der Waals surface area contributed by atoms with Gasteiger partial charge in [-0.05, 0) is 84.4 Å². The van der Waals surface area contributed by atoms with E-state index in [4.69, 9.17) is 9.47 Å². The Morgan fingerprint density at radius 3 is 2.41 bits per heavy atom. The molecule has 1 heterocycles. The minimum atomic E-state index is -0.619. The first-order valence-electron chi connectivity index (χ1n) is 11.7. The molecule has 4 rings (SSSR count). The second kappa shape index (κ2) is 12.3. The molecule has 3 aromatic rings. The summed E-state index contributed by atoms with van der Waals surface area (Å²) < 4.78 is 24.0. The van der Waals surface area contributed by atoms with Crippen LogP contribution in [0.1, 0.15) is 11.1 Å². The van der Waals surface area contributed by atoms with Gasteiger partial charge in [-0.1, -0.05) is 18.2 Å². The summed E-state index contributed by atoms with van der Waals surface area (Å²) in [6.07, 6.45) is 1.50. The second-order valence-corrected chi connectivity index (χ2v) is 9.43. The van der Waals surface area contributed by atoms with Crippen LogP contribution in [0.2, 0.25) is 0 Å². The third kappa shape index (κ3) is 7.23. The summed E-state index contributed by atoms with van der Waals surface area (Å²) in [7, 11) is 1.44. The van der Waals surface area contributed by atoms with Gasteiger partial charge in [0.2, 0.25) is 5.91 Å². The molecular weight excluding hydrogens is 525 g/mol. The molecule has 0 atom stereocenters. The van der Waals surface area contributed by atoms with Gasteiger partial charge in [0.15, 0.2) is 18.1 Å². The Kier molecular flexibility index (Phi) is 8.62. The zero-order chi connectivity index (χ0) is 27.9. The summed E-state index contributed by atoms with van der Waals surface area (Å²) in [5, 5.41) is 4.69. The number of methoxy groups -OCH3 is 1.